The van der Waals surface area contributed by atoms with Gasteiger partial charge in [0.05, 0.1) is 56.5 Å². The molecule has 2 atom stereocenters. The van der Waals surface area contributed by atoms with E-state index in [1.807, 2.05) is 13.8 Å². The van der Waals surface area contributed by atoms with E-state index >= 15 is 0 Å². The average molecular weight is 617 g/mol. The van der Waals surface area contributed by atoms with Crippen LogP contribution in [-0.2, 0) is 9.47 Å². The molecule has 4 heterocycles. The summed E-state index contributed by atoms with van der Waals surface area (Å²) in [6.45, 7) is 3.00. The maximum absolute atomic E-state index is 14.1. The minimum absolute atomic E-state index is 0.122. The van der Waals surface area contributed by atoms with Crippen LogP contribution in [0.4, 0.5) is 26.7 Å². The summed E-state index contributed by atoms with van der Waals surface area (Å²) in [6.07, 6.45) is -0.513. The SMILES string of the molecule is COC[C@H](c1cnn2cc([C@H](COC(C)(C)C(F)(F)F)NC(=O)c3ccnn3C(C)C)nc2c1)N1CC(F)(F)CNC1=O. The minimum atomic E-state index is -4.69. The lowest BCUT2D eigenvalue weighted by molar-refractivity contribution is -0.265. The number of ether oxygens (including phenoxy) is 2. The van der Waals surface area contributed by atoms with Gasteiger partial charge in [-0.3, -0.25) is 9.48 Å². The summed E-state index contributed by atoms with van der Waals surface area (Å²) in [5.41, 5.74) is -1.73. The molecule has 0 saturated carbocycles. The van der Waals surface area contributed by atoms with Crippen LogP contribution in [0.25, 0.3) is 5.65 Å². The average Bonchev–Trinajstić information content (AvgIpc) is 3.58. The van der Waals surface area contributed by atoms with Crippen LogP contribution in [-0.4, -0.2) is 92.3 Å². The summed E-state index contributed by atoms with van der Waals surface area (Å²) in [6, 6.07) is -0.0135. The molecular weight excluding hydrogens is 583 g/mol. The lowest BCUT2D eigenvalue weighted by Crippen LogP contribution is -2.58. The molecule has 1 aliphatic heterocycles. The number of halogens is 5. The topological polar surface area (TPSA) is 128 Å². The number of fused-ring (bicyclic) bond motifs is 1. The summed E-state index contributed by atoms with van der Waals surface area (Å²) >= 11 is 0. The molecule has 0 radical (unpaired) electrons. The van der Waals surface area contributed by atoms with Gasteiger partial charge >= 0.3 is 12.2 Å². The number of hydrogen-bond acceptors (Lipinski definition) is 7. The second kappa shape index (κ2) is 12.0. The number of carbonyl (C=O) groups excluding carboxylic acids is 2. The fraction of sp³-hybridized carbons (Fsp3) is 0.577. The van der Waals surface area contributed by atoms with Crippen molar-refractivity contribution in [2.45, 2.75) is 63.5 Å². The zero-order valence-electron chi connectivity index (χ0n) is 24.2. The van der Waals surface area contributed by atoms with Gasteiger partial charge in [-0.2, -0.15) is 23.4 Å². The third-order valence-corrected chi connectivity index (χ3v) is 6.95. The zero-order valence-corrected chi connectivity index (χ0v) is 24.2. The number of methoxy groups -OCH3 is 1. The fourth-order valence-corrected chi connectivity index (χ4v) is 4.43. The van der Waals surface area contributed by atoms with Crippen molar-refractivity contribution < 1.29 is 41.0 Å². The highest BCUT2D eigenvalue weighted by Crippen LogP contribution is 2.34. The maximum Gasteiger partial charge on any atom is 0.416 e. The van der Waals surface area contributed by atoms with Gasteiger partial charge in [-0.15, -0.1) is 0 Å². The summed E-state index contributed by atoms with van der Waals surface area (Å²) < 4.78 is 82.1. The van der Waals surface area contributed by atoms with Crippen molar-refractivity contribution in [1.29, 1.82) is 0 Å². The number of nitrogens with zero attached hydrogens (tertiary/aromatic N) is 6. The van der Waals surface area contributed by atoms with E-state index < -0.39 is 61.4 Å². The first-order valence-corrected chi connectivity index (χ1v) is 13.3. The van der Waals surface area contributed by atoms with Crippen molar-refractivity contribution in [1.82, 2.24) is 39.9 Å². The van der Waals surface area contributed by atoms with Gasteiger partial charge in [-0.25, -0.2) is 23.1 Å². The Morgan fingerprint density at radius 3 is 2.58 bits per heavy atom. The molecule has 2 N–H and O–H groups in total. The second-order valence-corrected chi connectivity index (χ2v) is 11.0. The molecule has 17 heteroatoms. The monoisotopic (exact) mass is 616 g/mol. The van der Waals surface area contributed by atoms with Crippen LogP contribution < -0.4 is 10.6 Å². The van der Waals surface area contributed by atoms with Gasteiger partial charge in [0.2, 0.25) is 0 Å². The van der Waals surface area contributed by atoms with Crippen LogP contribution >= 0.6 is 0 Å². The van der Waals surface area contributed by atoms with E-state index in [1.165, 1.54) is 47.0 Å². The number of aromatic nitrogens is 5. The summed E-state index contributed by atoms with van der Waals surface area (Å²) in [5, 5.41) is 13.2. The molecule has 3 aromatic rings. The summed E-state index contributed by atoms with van der Waals surface area (Å²) in [4.78, 5) is 31.1. The standard InChI is InChI=1S/C26H33F5N8O4/c1-15(2)39-19(6-7-33-39)22(40)36-18(11-43-24(3,4)26(29,30)31)17-10-38-21(35-17)8-16(9-34-38)20(12-42-5)37-14-25(27,28)13-32-23(37)41/h6-10,15,18,20H,11-14H2,1-5H3,(H,32,41)(H,36,40)/t18-,20+/m0/s1. The maximum atomic E-state index is 14.1. The highest BCUT2D eigenvalue weighted by molar-refractivity contribution is 5.92. The molecule has 0 bridgehead atoms. The van der Waals surface area contributed by atoms with Crippen LogP contribution in [0.3, 0.4) is 0 Å². The number of carbonyl (C=O) groups is 2. The lowest BCUT2D eigenvalue weighted by atomic mass is 10.1. The Kier molecular flexibility index (Phi) is 8.97. The number of amides is 3. The third-order valence-electron chi connectivity index (χ3n) is 6.95. The smallest absolute Gasteiger partial charge is 0.382 e. The molecule has 4 rings (SSSR count). The van der Waals surface area contributed by atoms with Crippen molar-refractivity contribution >= 4 is 17.6 Å². The van der Waals surface area contributed by atoms with Crippen LogP contribution in [0, 0.1) is 0 Å². The predicted octanol–water partition coefficient (Wildman–Crippen LogP) is 3.68. The normalized spacial score (nSPS) is 17.3. The van der Waals surface area contributed by atoms with Crippen molar-refractivity contribution in [2.75, 3.05) is 33.4 Å². The van der Waals surface area contributed by atoms with Crippen LogP contribution in [0.1, 0.15) is 67.6 Å². The first-order chi connectivity index (χ1) is 20.0. The third kappa shape index (κ3) is 7.04. The first kappa shape index (κ1) is 32.1. The van der Waals surface area contributed by atoms with E-state index in [2.05, 4.69) is 25.8 Å². The zero-order chi connectivity index (χ0) is 31.7. The van der Waals surface area contributed by atoms with Gasteiger partial charge in [0, 0.05) is 24.9 Å². The Labute approximate surface area is 243 Å². The second-order valence-electron chi connectivity index (χ2n) is 11.0. The number of nitrogens with one attached hydrogen (secondary N) is 2. The van der Waals surface area contributed by atoms with Gasteiger partial charge < -0.3 is 25.0 Å². The van der Waals surface area contributed by atoms with E-state index in [1.54, 1.807) is 0 Å². The number of rotatable bonds is 11. The van der Waals surface area contributed by atoms with E-state index in [9.17, 15) is 31.5 Å². The lowest BCUT2D eigenvalue weighted by Gasteiger charge is -2.38. The molecule has 1 aliphatic rings. The highest BCUT2D eigenvalue weighted by atomic mass is 19.4. The Bertz CT molecular complexity index is 1450. The van der Waals surface area contributed by atoms with E-state index in [0.29, 0.717) is 5.56 Å². The van der Waals surface area contributed by atoms with Gasteiger partial charge in [0.1, 0.15) is 5.69 Å². The molecule has 43 heavy (non-hydrogen) atoms. The quantitative estimate of drug-likeness (QED) is 0.315. The van der Waals surface area contributed by atoms with Gasteiger partial charge in [-0.05, 0) is 39.8 Å². The molecule has 3 aromatic heterocycles. The molecule has 236 valence electrons. The molecule has 0 aliphatic carbocycles. The van der Waals surface area contributed by atoms with Crippen LogP contribution in [0.15, 0.2) is 30.7 Å². The van der Waals surface area contributed by atoms with Crippen LogP contribution in [0.5, 0.6) is 0 Å². The van der Waals surface area contributed by atoms with E-state index in [-0.39, 0.29) is 29.7 Å². The molecule has 0 aromatic carbocycles. The van der Waals surface area contributed by atoms with E-state index in [4.69, 9.17) is 9.47 Å². The number of urea groups is 1. The van der Waals surface area contributed by atoms with Crippen molar-refractivity contribution in [3.05, 3.63) is 47.7 Å². The van der Waals surface area contributed by atoms with E-state index in [0.717, 1.165) is 18.7 Å². The van der Waals surface area contributed by atoms with Crippen molar-refractivity contribution in [3.8, 4) is 0 Å². The molecule has 1 saturated heterocycles. The fourth-order valence-electron chi connectivity index (χ4n) is 4.43. The first-order valence-electron chi connectivity index (χ1n) is 13.3. The van der Waals surface area contributed by atoms with Gasteiger partial charge in [0.15, 0.2) is 11.2 Å². The Morgan fingerprint density at radius 1 is 1.21 bits per heavy atom. The molecule has 0 unspecified atom stereocenters. The Hall–Kier alpha value is -3.86. The molecule has 0 spiro atoms. The molecular formula is C26H33F5N8O4. The Balaban J connectivity index is 1.67. The van der Waals surface area contributed by atoms with Crippen molar-refractivity contribution in [2.24, 2.45) is 0 Å². The predicted molar refractivity (Wildman–Crippen MR) is 142 cm³/mol. The van der Waals surface area contributed by atoms with Crippen molar-refractivity contribution in [3.63, 3.8) is 0 Å². The highest BCUT2D eigenvalue weighted by Gasteiger charge is 2.49. The number of imidazole rings is 1. The number of hydrogen-bond donors (Lipinski definition) is 2. The largest absolute Gasteiger partial charge is 0.416 e. The van der Waals surface area contributed by atoms with Crippen LogP contribution in [0.2, 0.25) is 0 Å². The van der Waals surface area contributed by atoms with Gasteiger partial charge in [-0.1, -0.05) is 0 Å². The molecule has 12 nitrogen and oxygen atoms in total. The van der Waals surface area contributed by atoms with Gasteiger partial charge in [0.25, 0.3) is 11.8 Å². The summed E-state index contributed by atoms with van der Waals surface area (Å²) in [5.74, 6) is -3.79. The summed E-state index contributed by atoms with van der Waals surface area (Å²) in [7, 11) is 1.35. The number of alkyl halides is 5. The minimum Gasteiger partial charge on any atom is -0.382 e. The molecule has 3 amide bonds. The Morgan fingerprint density at radius 2 is 1.93 bits per heavy atom. The molecule has 1 fully saturated rings.